The Kier molecular flexibility index (Phi) is 5.04. The van der Waals surface area contributed by atoms with Gasteiger partial charge in [-0.3, -0.25) is 10.1 Å². The third-order valence-electron chi connectivity index (χ3n) is 2.89. The van der Waals surface area contributed by atoms with Crippen molar-refractivity contribution in [3.63, 3.8) is 0 Å². The molecule has 0 heterocycles. The summed E-state index contributed by atoms with van der Waals surface area (Å²) in [5.74, 6) is 0. The lowest BCUT2D eigenvalue weighted by molar-refractivity contribution is -0.383. The Bertz CT molecular complexity index is 587. The molecule has 1 unspecified atom stereocenters. The topological polar surface area (TPSA) is 67.2 Å². The maximum Gasteiger partial charge on any atom is 0.292 e. The van der Waals surface area contributed by atoms with Gasteiger partial charge in [0, 0.05) is 18.3 Å². The van der Waals surface area contributed by atoms with Gasteiger partial charge >= 0.3 is 0 Å². The highest BCUT2D eigenvalue weighted by Gasteiger charge is 2.11. The van der Waals surface area contributed by atoms with Gasteiger partial charge in [-0.2, -0.15) is 0 Å². The SMILES string of the molecule is O=[N+]([O-])c1ccccc1Nc1ccc(CCNP)cc1. The molecule has 0 saturated carbocycles. The van der Waals surface area contributed by atoms with Crippen LogP contribution in [-0.4, -0.2) is 11.5 Å². The normalized spacial score (nSPS) is 10.2. The van der Waals surface area contributed by atoms with E-state index in [9.17, 15) is 10.1 Å². The smallest absolute Gasteiger partial charge is 0.292 e. The molecule has 2 aromatic rings. The molecule has 20 heavy (non-hydrogen) atoms. The van der Waals surface area contributed by atoms with Crippen molar-refractivity contribution in [2.24, 2.45) is 0 Å². The van der Waals surface area contributed by atoms with Gasteiger partial charge in [0.25, 0.3) is 5.69 Å². The van der Waals surface area contributed by atoms with Crippen molar-refractivity contribution >= 4 is 26.5 Å². The van der Waals surface area contributed by atoms with Crippen molar-refractivity contribution in [1.29, 1.82) is 0 Å². The molecule has 0 aliphatic heterocycles. The highest BCUT2D eigenvalue weighted by Crippen LogP contribution is 2.26. The monoisotopic (exact) mass is 289 g/mol. The highest BCUT2D eigenvalue weighted by atomic mass is 31.0. The Labute approximate surface area is 119 Å². The average Bonchev–Trinajstić information content (AvgIpc) is 2.47. The number of nitrogens with zero attached hydrogens (tertiary/aromatic N) is 1. The molecule has 0 bridgehead atoms. The maximum atomic E-state index is 10.9. The van der Waals surface area contributed by atoms with Crippen molar-refractivity contribution in [3.8, 4) is 0 Å². The minimum absolute atomic E-state index is 0.0729. The number of anilines is 2. The van der Waals surface area contributed by atoms with Gasteiger partial charge in [-0.05, 0) is 30.2 Å². The number of rotatable bonds is 6. The summed E-state index contributed by atoms with van der Waals surface area (Å²) < 4.78 is 0. The van der Waals surface area contributed by atoms with E-state index in [-0.39, 0.29) is 10.6 Å². The van der Waals surface area contributed by atoms with Crippen LogP contribution in [-0.2, 0) is 6.42 Å². The summed E-state index contributed by atoms with van der Waals surface area (Å²) in [5, 5.41) is 17.0. The van der Waals surface area contributed by atoms with Gasteiger partial charge in [-0.1, -0.05) is 33.7 Å². The van der Waals surface area contributed by atoms with Gasteiger partial charge in [0.15, 0.2) is 0 Å². The second-order valence-electron chi connectivity index (χ2n) is 4.30. The van der Waals surface area contributed by atoms with Gasteiger partial charge in [0.1, 0.15) is 5.69 Å². The lowest BCUT2D eigenvalue weighted by Gasteiger charge is -2.08. The minimum atomic E-state index is -0.388. The van der Waals surface area contributed by atoms with E-state index in [1.54, 1.807) is 18.2 Å². The second-order valence-corrected chi connectivity index (χ2v) is 4.71. The van der Waals surface area contributed by atoms with Gasteiger partial charge in [0.2, 0.25) is 0 Å². The van der Waals surface area contributed by atoms with E-state index in [0.29, 0.717) is 5.69 Å². The van der Waals surface area contributed by atoms with Crippen LogP contribution in [0.2, 0.25) is 0 Å². The molecule has 0 fully saturated rings. The lowest BCUT2D eigenvalue weighted by Crippen LogP contribution is -2.03. The zero-order chi connectivity index (χ0) is 14.4. The Hall–Kier alpha value is -1.97. The largest absolute Gasteiger partial charge is 0.350 e. The van der Waals surface area contributed by atoms with Gasteiger partial charge in [-0.15, -0.1) is 0 Å². The van der Waals surface area contributed by atoms with Crippen LogP contribution in [0.3, 0.4) is 0 Å². The molecule has 1 atom stereocenters. The number of nitro benzene ring substituents is 1. The van der Waals surface area contributed by atoms with Crippen LogP contribution in [0.4, 0.5) is 17.1 Å². The summed E-state index contributed by atoms with van der Waals surface area (Å²) in [5.41, 5.74) is 2.62. The van der Waals surface area contributed by atoms with Gasteiger partial charge < -0.3 is 10.4 Å². The Morgan fingerprint density at radius 1 is 1.10 bits per heavy atom. The number of hydrogen-bond donors (Lipinski definition) is 2. The maximum absolute atomic E-state index is 10.9. The Balaban J connectivity index is 2.12. The molecule has 0 aliphatic rings. The van der Waals surface area contributed by atoms with Gasteiger partial charge in [0.05, 0.1) is 4.92 Å². The zero-order valence-electron chi connectivity index (χ0n) is 10.9. The summed E-state index contributed by atoms with van der Waals surface area (Å²) in [4.78, 5) is 10.6. The third kappa shape index (κ3) is 3.76. The van der Waals surface area contributed by atoms with Crippen LogP contribution >= 0.6 is 9.39 Å². The first-order chi connectivity index (χ1) is 9.70. The minimum Gasteiger partial charge on any atom is -0.350 e. The summed E-state index contributed by atoms with van der Waals surface area (Å²) in [7, 11) is 2.47. The van der Waals surface area contributed by atoms with E-state index >= 15 is 0 Å². The Morgan fingerprint density at radius 3 is 2.45 bits per heavy atom. The second kappa shape index (κ2) is 6.98. The van der Waals surface area contributed by atoms with Crippen LogP contribution in [0.15, 0.2) is 48.5 Å². The molecule has 5 nitrogen and oxygen atoms in total. The molecule has 2 aromatic carbocycles. The molecule has 104 valence electrons. The molecular formula is C14H16N3O2P. The standard InChI is InChI=1S/C14H16N3O2P/c18-17(19)14-4-2-1-3-13(14)16-12-7-5-11(6-8-12)9-10-15-20/h1-8,15-16H,9-10,20H2. The quantitative estimate of drug-likeness (QED) is 0.486. The molecule has 0 saturated heterocycles. The van der Waals surface area contributed by atoms with Crippen molar-refractivity contribution in [2.45, 2.75) is 6.42 Å². The molecular weight excluding hydrogens is 273 g/mol. The van der Waals surface area contributed by atoms with Crippen LogP contribution in [0.25, 0.3) is 0 Å². The van der Waals surface area contributed by atoms with Crippen LogP contribution in [0.5, 0.6) is 0 Å². The summed E-state index contributed by atoms with van der Waals surface area (Å²) >= 11 is 0. The fourth-order valence-corrected chi connectivity index (χ4v) is 2.01. The fraction of sp³-hybridized carbons (Fsp3) is 0.143. The lowest BCUT2D eigenvalue weighted by atomic mass is 10.1. The molecule has 0 amide bonds. The van der Waals surface area contributed by atoms with Crippen LogP contribution in [0.1, 0.15) is 5.56 Å². The first-order valence-electron chi connectivity index (χ1n) is 6.23. The van der Waals surface area contributed by atoms with E-state index in [2.05, 4.69) is 19.8 Å². The van der Waals surface area contributed by atoms with Crippen LogP contribution in [0, 0.1) is 10.1 Å². The number of nitrogens with one attached hydrogen (secondary N) is 2. The number of para-hydroxylation sites is 2. The van der Waals surface area contributed by atoms with Crippen molar-refractivity contribution in [2.75, 3.05) is 11.9 Å². The van der Waals surface area contributed by atoms with Gasteiger partial charge in [-0.25, -0.2) is 0 Å². The van der Waals surface area contributed by atoms with Crippen molar-refractivity contribution < 1.29 is 4.92 Å². The van der Waals surface area contributed by atoms with E-state index in [0.717, 1.165) is 18.7 Å². The number of nitro groups is 1. The molecule has 6 heteroatoms. The Morgan fingerprint density at radius 2 is 1.80 bits per heavy atom. The molecule has 2 rings (SSSR count). The molecule has 0 aliphatic carbocycles. The predicted octanol–water partition coefficient (Wildman–Crippen LogP) is 3.26. The molecule has 2 N–H and O–H groups in total. The zero-order valence-corrected chi connectivity index (χ0v) is 12.0. The number of benzene rings is 2. The first kappa shape index (κ1) is 14.4. The predicted molar refractivity (Wildman–Crippen MR) is 84.2 cm³/mol. The van der Waals surface area contributed by atoms with E-state index in [1.807, 2.05) is 24.3 Å². The van der Waals surface area contributed by atoms with Crippen molar-refractivity contribution in [3.05, 3.63) is 64.2 Å². The van der Waals surface area contributed by atoms with E-state index < -0.39 is 0 Å². The van der Waals surface area contributed by atoms with E-state index in [1.165, 1.54) is 11.6 Å². The molecule has 0 radical (unpaired) electrons. The summed E-state index contributed by atoms with van der Waals surface area (Å²) in [6.07, 6.45) is 0.940. The summed E-state index contributed by atoms with van der Waals surface area (Å²) in [6, 6.07) is 14.5. The molecule has 0 spiro atoms. The van der Waals surface area contributed by atoms with Crippen molar-refractivity contribution in [1.82, 2.24) is 5.09 Å². The number of hydrogen-bond acceptors (Lipinski definition) is 4. The average molecular weight is 289 g/mol. The third-order valence-corrected chi connectivity index (χ3v) is 3.18. The summed E-state index contributed by atoms with van der Waals surface area (Å²) in [6.45, 7) is 0.890. The molecule has 0 aromatic heterocycles. The highest BCUT2D eigenvalue weighted by molar-refractivity contribution is 7.13. The first-order valence-corrected chi connectivity index (χ1v) is 6.81. The fourth-order valence-electron chi connectivity index (χ4n) is 1.87. The van der Waals surface area contributed by atoms with Crippen LogP contribution < -0.4 is 10.4 Å². The van der Waals surface area contributed by atoms with E-state index in [4.69, 9.17) is 0 Å².